The first-order valence-corrected chi connectivity index (χ1v) is 5.17. The molecule has 1 aromatic heterocycles. The first-order chi connectivity index (χ1) is 7.18. The predicted molar refractivity (Wildman–Crippen MR) is 52.6 cm³/mol. The zero-order chi connectivity index (χ0) is 10.8. The SMILES string of the molecule is Cn1ccnc1CN1CCC[C@@H]1C(F)F. The zero-order valence-electron chi connectivity index (χ0n) is 8.74. The topological polar surface area (TPSA) is 21.1 Å². The molecule has 2 rings (SSSR count). The Bertz CT molecular complexity index is 324. The summed E-state index contributed by atoms with van der Waals surface area (Å²) >= 11 is 0. The molecule has 1 aliphatic rings. The van der Waals surface area contributed by atoms with Crippen molar-refractivity contribution in [2.45, 2.75) is 31.9 Å². The maximum atomic E-state index is 12.7. The number of alkyl halides is 2. The Morgan fingerprint density at radius 3 is 3.00 bits per heavy atom. The Balaban J connectivity index is 2.02. The Hall–Kier alpha value is -0.970. The third kappa shape index (κ3) is 2.17. The van der Waals surface area contributed by atoms with Gasteiger partial charge in [-0.1, -0.05) is 0 Å². The van der Waals surface area contributed by atoms with Crippen molar-refractivity contribution in [2.75, 3.05) is 6.54 Å². The highest BCUT2D eigenvalue weighted by Crippen LogP contribution is 2.24. The van der Waals surface area contributed by atoms with Crippen LogP contribution in [-0.4, -0.2) is 33.5 Å². The van der Waals surface area contributed by atoms with E-state index in [4.69, 9.17) is 0 Å². The summed E-state index contributed by atoms with van der Waals surface area (Å²) in [6.07, 6.45) is 2.75. The van der Waals surface area contributed by atoms with Crippen molar-refractivity contribution >= 4 is 0 Å². The molecule has 1 aliphatic heterocycles. The van der Waals surface area contributed by atoms with E-state index in [1.807, 2.05) is 22.7 Å². The van der Waals surface area contributed by atoms with Crippen LogP contribution in [-0.2, 0) is 13.6 Å². The molecular weight excluding hydrogens is 200 g/mol. The van der Waals surface area contributed by atoms with Crippen molar-refractivity contribution < 1.29 is 8.78 Å². The van der Waals surface area contributed by atoms with Crippen molar-refractivity contribution in [3.63, 3.8) is 0 Å². The van der Waals surface area contributed by atoms with Crippen LogP contribution in [0.4, 0.5) is 8.78 Å². The van der Waals surface area contributed by atoms with Gasteiger partial charge >= 0.3 is 0 Å². The number of hydrogen-bond acceptors (Lipinski definition) is 2. The van der Waals surface area contributed by atoms with Gasteiger partial charge in [-0.05, 0) is 19.4 Å². The van der Waals surface area contributed by atoms with E-state index in [0.717, 1.165) is 18.8 Å². The van der Waals surface area contributed by atoms with Crippen molar-refractivity contribution in [1.29, 1.82) is 0 Å². The van der Waals surface area contributed by atoms with Gasteiger partial charge < -0.3 is 4.57 Å². The third-order valence-corrected chi connectivity index (χ3v) is 2.97. The van der Waals surface area contributed by atoms with Crippen LogP contribution in [0.25, 0.3) is 0 Å². The lowest BCUT2D eigenvalue weighted by Gasteiger charge is -2.23. The van der Waals surface area contributed by atoms with E-state index in [-0.39, 0.29) is 0 Å². The average molecular weight is 215 g/mol. The quantitative estimate of drug-likeness (QED) is 0.764. The summed E-state index contributed by atoms with van der Waals surface area (Å²) in [6.45, 7) is 1.28. The molecule has 84 valence electrons. The van der Waals surface area contributed by atoms with Gasteiger partial charge in [-0.3, -0.25) is 4.90 Å². The van der Waals surface area contributed by atoms with Crippen LogP contribution in [0.15, 0.2) is 12.4 Å². The lowest BCUT2D eigenvalue weighted by atomic mass is 10.2. The van der Waals surface area contributed by atoms with Gasteiger partial charge in [0.25, 0.3) is 6.43 Å². The first kappa shape index (κ1) is 10.5. The molecule has 0 bridgehead atoms. The molecule has 0 aromatic carbocycles. The fourth-order valence-electron chi connectivity index (χ4n) is 2.06. The van der Waals surface area contributed by atoms with Crippen LogP contribution in [0.2, 0.25) is 0 Å². The van der Waals surface area contributed by atoms with E-state index in [2.05, 4.69) is 4.98 Å². The second-order valence-corrected chi connectivity index (χ2v) is 3.97. The van der Waals surface area contributed by atoms with E-state index < -0.39 is 12.5 Å². The highest BCUT2D eigenvalue weighted by molar-refractivity contribution is 4.93. The normalized spacial score (nSPS) is 22.8. The number of aryl methyl sites for hydroxylation is 1. The summed E-state index contributed by atoms with van der Waals surface area (Å²) in [7, 11) is 1.88. The lowest BCUT2D eigenvalue weighted by Crippen LogP contribution is -2.35. The molecule has 15 heavy (non-hydrogen) atoms. The number of aromatic nitrogens is 2. The predicted octanol–water partition coefficient (Wildman–Crippen LogP) is 1.65. The van der Waals surface area contributed by atoms with Gasteiger partial charge in [0.1, 0.15) is 5.82 Å². The summed E-state index contributed by atoms with van der Waals surface area (Å²) in [6, 6.07) is -0.582. The monoisotopic (exact) mass is 215 g/mol. The number of halogens is 2. The summed E-state index contributed by atoms with van der Waals surface area (Å²) in [5.74, 6) is 0.850. The number of nitrogens with zero attached hydrogens (tertiary/aromatic N) is 3. The Kier molecular flexibility index (Phi) is 3.00. The second kappa shape index (κ2) is 4.26. The van der Waals surface area contributed by atoms with Gasteiger partial charge in [0.05, 0.1) is 12.6 Å². The van der Waals surface area contributed by atoms with Crippen LogP contribution >= 0.6 is 0 Å². The van der Waals surface area contributed by atoms with E-state index in [0.29, 0.717) is 13.0 Å². The number of hydrogen-bond donors (Lipinski definition) is 0. The molecule has 1 aromatic rings. The van der Waals surface area contributed by atoms with Crippen LogP contribution in [0.1, 0.15) is 18.7 Å². The van der Waals surface area contributed by atoms with Gasteiger partial charge in [0.2, 0.25) is 0 Å². The van der Waals surface area contributed by atoms with E-state index in [1.165, 1.54) is 0 Å². The second-order valence-electron chi connectivity index (χ2n) is 3.97. The summed E-state index contributed by atoms with van der Waals surface area (Å²) in [4.78, 5) is 5.98. The Morgan fingerprint density at radius 1 is 1.60 bits per heavy atom. The largest absolute Gasteiger partial charge is 0.337 e. The maximum absolute atomic E-state index is 12.7. The van der Waals surface area contributed by atoms with Crippen LogP contribution in [0.3, 0.4) is 0 Å². The smallest absolute Gasteiger partial charge is 0.253 e. The molecule has 0 spiro atoms. The average Bonchev–Trinajstić information content (AvgIpc) is 2.77. The minimum atomic E-state index is -2.24. The van der Waals surface area contributed by atoms with E-state index in [1.54, 1.807) is 6.20 Å². The van der Waals surface area contributed by atoms with Crippen LogP contribution in [0.5, 0.6) is 0 Å². The molecule has 1 atom stereocenters. The molecule has 0 radical (unpaired) electrons. The molecule has 0 N–H and O–H groups in total. The molecule has 5 heteroatoms. The van der Waals surface area contributed by atoms with Crippen molar-refractivity contribution in [3.8, 4) is 0 Å². The van der Waals surface area contributed by atoms with E-state index >= 15 is 0 Å². The highest BCUT2D eigenvalue weighted by Gasteiger charge is 2.32. The number of rotatable bonds is 3. The summed E-state index contributed by atoms with van der Waals surface area (Å²) in [5.41, 5.74) is 0. The molecule has 0 saturated carbocycles. The number of likely N-dealkylation sites (tertiary alicyclic amines) is 1. The molecule has 1 fully saturated rings. The van der Waals surface area contributed by atoms with Gasteiger partial charge in [0.15, 0.2) is 0 Å². The lowest BCUT2D eigenvalue weighted by molar-refractivity contribution is 0.0426. The first-order valence-electron chi connectivity index (χ1n) is 5.17. The van der Waals surface area contributed by atoms with E-state index in [9.17, 15) is 8.78 Å². The van der Waals surface area contributed by atoms with Gasteiger partial charge in [-0.25, -0.2) is 13.8 Å². The number of imidazole rings is 1. The van der Waals surface area contributed by atoms with Crippen molar-refractivity contribution in [2.24, 2.45) is 7.05 Å². The fourth-order valence-corrected chi connectivity index (χ4v) is 2.06. The van der Waals surface area contributed by atoms with Gasteiger partial charge in [-0.2, -0.15) is 0 Å². The Morgan fingerprint density at radius 2 is 2.40 bits per heavy atom. The van der Waals surface area contributed by atoms with Gasteiger partial charge in [-0.15, -0.1) is 0 Å². The van der Waals surface area contributed by atoms with Crippen molar-refractivity contribution in [1.82, 2.24) is 14.5 Å². The molecule has 3 nitrogen and oxygen atoms in total. The summed E-state index contributed by atoms with van der Waals surface area (Å²) < 4.78 is 27.2. The zero-order valence-corrected chi connectivity index (χ0v) is 8.74. The molecule has 0 unspecified atom stereocenters. The molecule has 2 heterocycles. The minimum absolute atomic E-state index is 0.526. The molecule has 0 amide bonds. The maximum Gasteiger partial charge on any atom is 0.253 e. The molecular formula is C10H15F2N3. The third-order valence-electron chi connectivity index (χ3n) is 2.97. The Labute approximate surface area is 87.7 Å². The molecule has 0 aliphatic carbocycles. The fraction of sp³-hybridized carbons (Fsp3) is 0.700. The van der Waals surface area contributed by atoms with Crippen molar-refractivity contribution in [3.05, 3.63) is 18.2 Å². The molecule has 1 saturated heterocycles. The summed E-state index contributed by atoms with van der Waals surface area (Å²) in [5, 5.41) is 0. The standard InChI is InChI=1S/C10H15F2N3/c1-14-6-4-13-9(14)7-15-5-2-3-8(15)10(11)12/h4,6,8,10H,2-3,5,7H2,1H3/t8-/m1/s1. The van der Waals surface area contributed by atoms with Crippen LogP contribution < -0.4 is 0 Å². The van der Waals surface area contributed by atoms with Crippen LogP contribution in [0, 0.1) is 0 Å². The minimum Gasteiger partial charge on any atom is -0.337 e. The van der Waals surface area contributed by atoms with Gasteiger partial charge in [0, 0.05) is 19.4 Å². The highest BCUT2D eigenvalue weighted by atomic mass is 19.3.